The van der Waals surface area contributed by atoms with E-state index < -0.39 is 11.8 Å². The fourth-order valence-corrected chi connectivity index (χ4v) is 3.46. The molecule has 5 nitrogen and oxygen atoms in total. The van der Waals surface area contributed by atoms with E-state index in [1.54, 1.807) is 42.7 Å². The Balaban J connectivity index is 0.000000282. The molecule has 0 radical (unpaired) electrons. The molecule has 0 amide bonds. The molecule has 2 heterocycles. The third-order valence-electron chi connectivity index (χ3n) is 5.24. The van der Waals surface area contributed by atoms with E-state index in [9.17, 15) is 14.3 Å². The fraction of sp³-hybridized carbons (Fsp3) is 0.385. The number of unbranched alkanes of at least 4 members (excludes halogenated alkanes) is 7. The molecule has 6 heteroatoms. The van der Waals surface area contributed by atoms with Gasteiger partial charge in [0.05, 0.1) is 11.3 Å². The summed E-state index contributed by atoms with van der Waals surface area (Å²) in [6, 6.07) is 11.1. The summed E-state index contributed by atoms with van der Waals surface area (Å²) in [5.41, 5.74) is 7.31. The smallest absolute Gasteiger partial charge is 0.337 e. The lowest BCUT2D eigenvalue weighted by Gasteiger charge is -2.02. The Kier molecular flexibility index (Phi) is 11.2. The summed E-state index contributed by atoms with van der Waals surface area (Å²) in [5, 5.41) is 9.32. The lowest BCUT2D eigenvalue weighted by atomic mass is 10.1. The predicted molar refractivity (Wildman–Crippen MR) is 128 cm³/mol. The van der Waals surface area contributed by atoms with Crippen molar-refractivity contribution in [3.8, 4) is 22.5 Å². The molecule has 0 bridgehead atoms. The lowest BCUT2D eigenvalue weighted by molar-refractivity contribution is 0.0698. The Bertz CT molecular complexity index is 933. The molecule has 172 valence electrons. The van der Waals surface area contributed by atoms with E-state index >= 15 is 0 Å². The maximum absolute atomic E-state index is 13.9. The monoisotopic (exact) mass is 439 g/mol. The summed E-state index contributed by atoms with van der Waals surface area (Å²) in [6.45, 7) is 3.13. The summed E-state index contributed by atoms with van der Waals surface area (Å²) in [4.78, 5) is 18.3. The highest BCUT2D eigenvalue weighted by Crippen LogP contribution is 2.30. The second-order valence-corrected chi connectivity index (χ2v) is 7.76. The summed E-state index contributed by atoms with van der Waals surface area (Å²) in [5.74, 6) is -1.58. The van der Waals surface area contributed by atoms with Crippen molar-refractivity contribution in [2.24, 2.45) is 5.73 Å². The molecule has 1 aromatic carbocycles. The van der Waals surface area contributed by atoms with Gasteiger partial charge in [-0.05, 0) is 43.3 Å². The highest BCUT2D eigenvalue weighted by molar-refractivity contribution is 5.97. The number of rotatable bonds is 11. The van der Waals surface area contributed by atoms with Gasteiger partial charge >= 0.3 is 5.97 Å². The third-order valence-corrected chi connectivity index (χ3v) is 5.24. The molecule has 32 heavy (non-hydrogen) atoms. The number of aromatic nitrogens is 2. The lowest BCUT2D eigenvalue weighted by Crippen LogP contribution is -1.97. The van der Waals surface area contributed by atoms with E-state index in [4.69, 9.17) is 5.73 Å². The van der Waals surface area contributed by atoms with Gasteiger partial charge in [-0.15, -0.1) is 0 Å². The molecular formula is C26H34FN3O2. The number of hydrogen-bond acceptors (Lipinski definition) is 3. The van der Waals surface area contributed by atoms with Crippen LogP contribution in [0.4, 0.5) is 4.39 Å². The van der Waals surface area contributed by atoms with Crippen molar-refractivity contribution in [1.29, 1.82) is 0 Å². The van der Waals surface area contributed by atoms with Crippen LogP contribution in [0.3, 0.4) is 0 Å². The highest BCUT2D eigenvalue weighted by Gasteiger charge is 2.18. The third kappa shape index (κ3) is 7.93. The number of nitrogens with two attached hydrogens (primary N) is 1. The molecule has 0 atom stereocenters. The maximum Gasteiger partial charge on any atom is 0.337 e. The second-order valence-electron chi connectivity index (χ2n) is 7.76. The summed E-state index contributed by atoms with van der Waals surface area (Å²) >= 11 is 0. The number of benzene rings is 1. The van der Waals surface area contributed by atoms with Crippen LogP contribution in [0.25, 0.3) is 22.5 Å². The molecule has 3 aromatic rings. The number of nitrogens with zero attached hydrogens (tertiary/aromatic N) is 1. The van der Waals surface area contributed by atoms with Crippen LogP contribution in [0.1, 0.15) is 68.6 Å². The van der Waals surface area contributed by atoms with Crippen molar-refractivity contribution in [3.05, 3.63) is 66.2 Å². The van der Waals surface area contributed by atoms with Crippen molar-refractivity contribution in [3.63, 3.8) is 0 Å². The first kappa shape index (κ1) is 25.3. The first-order valence-electron chi connectivity index (χ1n) is 11.4. The van der Waals surface area contributed by atoms with E-state index in [1.165, 1.54) is 63.5 Å². The minimum Gasteiger partial charge on any atom is -0.478 e. The molecule has 4 N–H and O–H groups in total. The van der Waals surface area contributed by atoms with Crippen molar-refractivity contribution >= 4 is 5.97 Å². The molecule has 0 aliphatic carbocycles. The molecule has 0 saturated carbocycles. The van der Waals surface area contributed by atoms with Crippen molar-refractivity contribution < 1.29 is 14.3 Å². The number of nitrogens with one attached hydrogen (secondary N) is 1. The molecule has 0 saturated heterocycles. The summed E-state index contributed by atoms with van der Waals surface area (Å²) < 4.78 is 13.9. The Morgan fingerprint density at radius 2 is 1.62 bits per heavy atom. The van der Waals surface area contributed by atoms with Gasteiger partial charge < -0.3 is 15.8 Å². The number of hydrogen-bond donors (Lipinski definition) is 3. The zero-order chi connectivity index (χ0) is 23.2. The van der Waals surface area contributed by atoms with Gasteiger partial charge in [0, 0.05) is 29.2 Å². The van der Waals surface area contributed by atoms with Gasteiger partial charge in [0.1, 0.15) is 5.82 Å². The molecule has 0 fully saturated rings. The number of pyridine rings is 1. The zero-order valence-electron chi connectivity index (χ0n) is 18.8. The standard InChI is InChI=1S/C16H11FN2O2.C10H23N/c17-13-4-2-1-3-11(13)15-12(16(20)21)9-14(19-15)10-5-7-18-8-6-10;1-2-3-4-5-6-7-8-9-10-11/h1-9,19H,(H,20,21);2-11H2,1H3. The van der Waals surface area contributed by atoms with Crippen molar-refractivity contribution in [2.75, 3.05) is 6.54 Å². The molecule has 0 spiro atoms. The van der Waals surface area contributed by atoms with Gasteiger partial charge in [0.25, 0.3) is 0 Å². The number of aromatic carboxylic acids is 1. The van der Waals surface area contributed by atoms with Crippen LogP contribution >= 0.6 is 0 Å². The van der Waals surface area contributed by atoms with Crippen LogP contribution in [0.15, 0.2) is 54.9 Å². The van der Waals surface area contributed by atoms with E-state index in [-0.39, 0.29) is 16.8 Å². The largest absolute Gasteiger partial charge is 0.478 e. The van der Waals surface area contributed by atoms with Crippen LogP contribution in [-0.4, -0.2) is 27.6 Å². The van der Waals surface area contributed by atoms with Crippen LogP contribution < -0.4 is 5.73 Å². The minimum absolute atomic E-state index is 0.0342. The normalized spacial score (nSPS) is 10.5. The minimum atomic E-state index is -1.11. The number of halogens is 1. The molecule has 2 aromatic heterocycles. The summed E-state index contributed by atoms with van der Waals surface area (Å²) in [6.07, 6.45) is 14.2. The number of carboxylic acid groups (broad SMARTS) is 1. The van der Waals surface area contributed by atoms with Gasteiger partial charge in [0.15, 0.2) is 0 Å². The average molecular weight is 440 g/mol. The number of carbonyl (C=O) groups is 1. The van der Waals surface area contributed by atoms with E-state index in [2.05, 4.69) is 16.9 Å². The molecular weight excluding hydrogens is 405 g/mol. The average Bonchev–Trinajstić information content (AvgIpc) is 3.26. The zero-order valence-corrected chi connectivity index (χ0v) is 18.8. The second kappa shape index (κ2) is 14.1. The van der Waals surface area contributed by atoms with E-state index in [1.807, 2.05) is 0 Å². The van der Waals surface area contributed by atoms with Crippen molar-refractivity contribution in [2.45, 2.75) is 58.3 Å². The quantitative estimate of drug-likeness (QED) is 0.291. The topological polar surface area (TPSA) is 92.0 Å². The molecule has 3 rings (SSSR count). The van der Waals surface area contributed by atoms with E-state index in [0.29, 0.717) is 5.69 Å². The predicted octanol–water partition coefficient (Wildman–Crippen LogP) is 6.67. The number of aromatic amines is 1. The van der Waals surface area contributed by atoms with Crippen LogP contribution in [0, 0.1) is 5.82 Å². The van der Waals surface area contributed by atoms with Gasteiger partial charge in [-0.2, -0.15) is 0 Å². The molecule has 0 aliphatic heterocycles. The maximum atomic E-state index is 13.9. The Labute approximate surface area is 189 Å². The van der Waals surface area contributed by atoms with Gasteiger partial charge in [-0.1, -0.05) is 64.0 Å². The SMILES string of the molecule is CCCCCCCCCCN.O=C(O)c1cc(-c2ccncc2)[nH]c1-c1ccccc1F. The van der Waals surface area contributed by atoms with Gasteiger partial charge in [-0.25, -0.2) is 9.18 Å². The Morgan fingerprint density at radius 3 is 2.22 bits per heavy atom. The number of carboxylic acids is 1. The molecule has 0 unspecified atom stereocenters. The number of H-pyrrole nitrogens is 1. The first-order valence-corrected chi connectivity index (χ1v) is 11.4. The summed E-state index contributed by atoms with van der Waals surface area (Å²) in [7, 11) is 0. The van der Waals surface area contributed by atoms with Gasteiger partial charge in [0.2, 0.25) is 0 Å². The highest BCUT2D eigenvalue weighted by atomic mass is 19.1. The Hall–Kier alpha value is -2.99. The Morgan fingerprint density at radius 1 is 1.00 bits per heavy atom. The van der Waals surface area contributed by atoms with Crippen LogP contribution in [0.5, 0.6) is 0 Å². The van der Waals surface area contributed by atoms with E-state index in [0.717, 1.165) is 12.1 Å². The first-order chi connectivity index (χ1) is 15.6. The van der Waals surface area contributed by atoms with Crippen molar-refractivity contribution in [1.82, 2.24) is 9.97 Å². The van der Waals surface area contributed by atoms with Crippen LogP contribution in [-0.2, 0) is 0 Å². The van der Waals surface area contributed by atoms with Gasteiger partial charge in [-0.3, -0.25) is 4.98 Å². The van der Waals surface area contributed by atoms with Crippen LogP contribution in [0.2, 0.25) is 0 Å². The fourth-order valence-electron chi connectivity index (χ4n) is 3.46. The molecule has 0 aliphatic rings.